The number of nitrogens with zero attached hydrogens (tertiary/aromatic N) is 3. The average molecular weight is 407 g/mol. The van der Waals surface area contributed by atoms with Crippen molar-refractivity contribution in [2.75, 3.05) is 52.4 Å². The molecule has 0 aromatic heterocycles. The van der Waals surface area contributed by atoms with Crippen molar-refractivity contribution in [2.24, 2.45) is 0 Å². The quantitative estimate of drug-likeness (QED) is 0.739. The second-order valence-corrected chi connectivity index (χ2v) is 7.64. The number of amides is 3. The van der Waals surface area contributed by atoms with E-state index in [-0.39, 0.29) is 24.3 Å². The van der Waals surface area contributed by atoms with Gasteiger partial charge in [-0.3, -0.25) is 14.4 Å². The number of carbonyl (C=O) groups excluding carboxylic acids is 3. The van der Waals surface area contributed by atoms with Crippen LogP contribution in [0.3, 0.4) is 0 Å². The maximum absolute atomic E-state index is 13.0. The van der Waals surface area contributed by atoms with Crippen molar-refractivity contribution in [3.63, 3.8) is 0 Å². The van der Waals surface area contributed by atoms with Crippen LogP contribution in [0.4, 0.5) is 0 Å². The van der Waals surface area contributed by atoms with Gasteiger partial charge in [-0.25, -0.2) is 0 Å². The molecule has 2 aliphatic heterocycles. The van der Waals surface area contributed by atoms with Gasteiger partial charge in [0.15, 0.2) is 0 Å². The summed E-state index contributed by atoms with van der Waals surface area (Å²) >= 11 is 5.92. The fraction of sp³-hybridized carbons (Fsp3) is 0.550. The number of carbonyl (C=O) groups is 3. The number of hydrogen-bond donors (Lipinski definition) is 1. The summed E-state index contributed by atoms with van der Waals surface area (Å²) in [6.07, 6.45) is 2.16. The zero-order valence-electron chi connectivity index (χ0n) is 16.0. The van der Waals surface area contributed by atoms with Crippen molar-refractivity contribution >= 4 is 29.3 Å². The van der Waals surface area contributed by atoms with Crippen molar-refractivity contribution < 1.29 is 14.4 Å². The maximum Gasteiger partial charge on any atom is 0.254 e. The van der Waals surface area contributed by atoms with Crippen molar-refractivity contribution in [2.45, 2.75) is 19.3 Å². The Labute approximate surface area is 170 Å². The van der Waals surface area contributed by atoms with Crippen molar-refractivity contribution in [1.29, 1.82) is 0 Å². The molecule has 2 aliphatic rings. The summed E-state index contributed by atoms with van der Waals surface area (Å²) in [7, 11) is 0. The summed E-state index contributed by atoms with van der Waals surface area (Å²) in [5.74, 6) is -0.0542. The van der Waals surface area contributed by atoms with Crippen LogP contribution in [-0.2, 0) is 9.59 Å². The average Bonchev–Trinajstić information content (AvgIpc) is 3.12. The van der Waals surface area contributed by atoms with Gasteiger partial charge in [0.05, 0.1) is 0 Å². The maximum atomic E-state index is 13.0. The molecule has 2 saturated heterocycles. The van der Waals surface area contributed by atoms with Crippen molar-refractivity contribution in [3.8, 4) is 0 Å². The first kappa shape index (κ1) is 20.6. The van der Waals surface area contributed by atoms with Gasteiger partial charge in [-0.2, -0.15) is 0 Å². The Bertz CT molecular complexity index is 704. The Balaban J connectivity index is 1.63. The first-order valence-corrected chi connectivity index (χ1v) is 10.2. The Kier molecular flexibility index (Phi) is 7.28. The molecule has 28 heavy (non-hydrogen) atoms. The topological polar surface area (TPSA) is 73.0 Å². The van der Waals surface area contributed by atoms with Crippen LogP contribution in [0.5, 0.6) is 0 Å². The van der Waals surface area contributed by atoms with E-state index >= 15 is 0 Å². The monoisotopic (exact) mass is 406 g/mol. The lowest BCUT2D eigenvalue weighted by atomic mass is 10.2. The van der Waals surface area contributed by atoms with Gasteiger partial charge in [0, 0.05) is 62.8 Å². The third kappa shape index (κ3) is 5.45. The van der Waals surface area contributed by atoms with Crippen LogP contribution in [0.1, 0.15) is 29.6 Å². The molecule has 0 aliphatic carbocycles. The van der Waals surface area contributed by atoms with Crippen molar-refractivity contribution in [3.05, 3.63) is 34.9 Å². The molecule has 0 atom stereocenters. The molecule has 0 unspecified atom stereocenters. The van der Waals surface area contributed by atoms with Gasteiger partial charge in [0.25, 0.3) is 5.91 Å². The summed E-state index contributed by atoms with van der Waals surface area (Å²) in [6.45, 7) is 4.74. The number of piperazine rings is 1. The molecule has 0 saturated carbocycles. The highest BCUT2D eigenvalue weighted by molar-refractivity contribution is 6.30. The van der Waals surface area contributed by atoms with E-state index in [1.54, 1.807) is 34.1 Å². The molecule has 3 rings (SSSR count). The predicted octanol–water partition coefficient (Wildman–Crippen LogP) is 1.23. The van der Waals surface area contributed by atoms with Gasteiger partial charge >= 0.3 is 0 Å². The van der Waals surface area contributed by atoms with Gasteiger partial charge in [-0.1, -0.05) is 11.6 Å². The van der Waals surface area contributed by atoms with E-state index in [1.807, 2.05) is 4.90 Å². The lowest BCUT2D eigenvalue weighted by Gasteiger charge is -2.31. The third-order valence-corrected chi connectivity index (χ3v) is 5.45. The second kappa shape index (κ2) is 9.89. The third-order valence-electron chi connectivity index (χ3n) is 5.20. The minimum absolute atomic E-state index is 0.0407. The Morgan fingerprint density at radius 3 is 2.46 bits per heavy atom. The summed E-state index contributed by atoms with van der Waals surface area (Å²) in [5.41, 5.74) is 0.509. The number of hydrogen-bond acceptors (Lipinski definition) is 4. The first-order valence-electron chi connectivity index (χ1n) is 9.86. The van der Waals surface area contributed by atoms with Crippen LogP contribution in [0.15, 0.2) is 24.3 Å². The highest BCUT2D eigenvalue weighted by Gasteiger charge is 2.24. The van der Waals surface area contributed by atoms with Gasteiger partial charge in [0.1, 0.15) is 6.54 Å². The first-order chi connectivity index (χ1) is 13.5. The molecule has 0 spiro atoms. The Morgan fingerprint density at radius 1 is 1.11 bits per heavy atom. The molecule has 1 aromatic rings. The minimum Gasteiger partial charge on any atom is -0.343 e. The van der Waals surface area contributed by atoms with Crippen LogP contribution in [-0.4, -0.2) is 84.8 Å². The molecule has 1 N–H and O–H groups in total. The van der Waals surface area contributed by atoms with Gasteiger partial charge in [0.2, 0.25) is 11.8 Å². The summed E-state index contributed by atoms with van der Waals surface area (Å²) < 4.78 is 0. The normalized spacial score (nSPS) is 17.1. The van der Waals surface area contributed by atoms with Crippen LogP contribution in [0.25, 0.3) is 0 Å². The molecule has 152 valence electrons. The molecule has 2 fully saturated rings. The molecular weight excluding hydrogens is 380 g/mol. The van der Waals surface area contributed by atoms with E-state index in [4.69, 9.17) is 11.6 Å². The van der Waals surface area contributed by atoms with E-state index in [0.29, 0.717) is 49.6 Å². The zero-order valence-corrected chi connectivity index (χ0v) is 16.8. The molecule has 3 amide bonds. The molecule has 0 bridgehead atoms. The highest BCUT2D eigenvalue weighted by atomic mass is 35.5. The number of benzene rings is 1. The fourth-order valence-electron chi connectivity index (χ4n) is 3.60. The van der Waals surface area contributed by atoms with Crippen LogP contribution < -0.4 is 5.32 Å². The smallest absolute Gasteiger partial charge is 0.254 e. The summed E-state index contributed by atoms with van der Waals surface area (Å²) in [5, 5.41) is 3.78. The Morgan fingerprint density at radius 2 is 1.82 bits per heavy atom. The lowest BCUT2D eigenvalue weighted by molar-refractivity contribution is -0.132. The van der Waals surface area contributed by atoms with E-state index in [2.05, 4.69) is 5.32 Å². The zero-order chi connectivity index (χ0) is 19.9. The molecule has 2 heterocycles. The van der Waals surface area contributed by atoms with Crippen LogP contribution >= 0.6 is 11.6 Å². The fourth-order valence-corrected chi connectivity index (χ4v) is 3.72. The number of rotatable bonds is 7. The predicted molar refractivity (Wildman–Crippen MR) is 107 cm³/mol. The van der Waals surface area contributed by atoms with Gasteiger partial charge in [-0.15, -0.1) is 0 Å². The van der Waals surface area contributed by atoms with Crippen LogP contribution in [0.2, 0.25) is 5.02 Å². The highest BCUT2D eigenvalue weighted by Crippen LogP contribution is 2.14. The largest absolute Gasteiger partial charge is 0.343 e. The SMILES string of the molecule is O=C1CCCN1CCCN(CC(=O)N1CCNCC1)C(=O)c1ccc(Cl)cc1. The van der Waals surface area contributed by atoms with E-state index < -0.39 is 0 Å². The van der Waals surface area contributed by atoms with Crippen molar-refractivity contribution in [1.82, 2.24) is 20.0 Å². The molecule has 7 nitrogen and oxygen atoms in total. The van der Waals surface area contributed by atoms with Gasteiger partial charge < -0.3 is 20.0 Å². The standard InChI is InChI=1S/C20H27ClN4O3/c21-17-6-4-16(5-7-17)20(28)25(12-2-11-23-10-1-3-18(23)26)15-19(27)24-13-8-22-9-14-24/h4-7,22H,1-3,8-15H2. The minimum atomic E-state index is -0.187. The summed E-state index contributed by atoms with van der Waals surface area (Å²) in [4.78, 5) is 42.7. The molecule has 0 radical (unpaired) electrons. The second-order valence-electron chi connectivity index (χ2n) is 7.20. The number of likely N-dealkylation sites (tertiary alicyclic amines) is 1. The summed E-state index contributed by atoms with van der Waals surface area (Å²) in [6, 6.07) is 6.70. The van der Waals surface area contributed by atoms with E-state index in [1.165, 1.54) is 0 Å². The van der Waals surface area contributed by atoms with Crippen LogP contribution in [0, 0.1) is 0 Å². The molecule has 1 aromatic carbocycles. The van der Waals surface area contributed by atoms with Gasteiger partial charge in [-0.05, 0) is 37.1 Å². The Hall–Kier alpha value is -2.12. The van der Waals surface area contributed by atoms with E-state index in [0.717, 1.165) is 26.1 Å². The number of halogens is 1. The molecular formula is C20H27ClN4O3. The van der Waals surface area contributed by atoms with E-state index in [9.17, 15) is 14.4 Å². The number of nitrogens with one attached hydrogen (secondary N) is 1. The molecule has 8 heteroatoms. The lowest BCUT2D eigenvalue weighted by Crippen LogP contribution is -2.50.